The molecule has 4 heteroatoms. The third-order valence-electron chi connectivity index (χ3n) is 5.55. The molecule has 3 fully saturated rings. The minimum absolute atomic E-state index is 0.120. The Bertz CT molecular complexity index is 446. The highest BCUT2D eigenvalue weighted by Crippen LogP contribution is 2.47. The summed E-state index contributed by atoms with van der Waals surface area (Å²) in [5.74, 6) is 0.309. The van der Waals surface area contributed by atoms with E-state index in [0.717, 1.165) is 58.1 Å². The van der Waals surface area contributed by atoms with Crippen molar-refractivity contribution in [3.05, 3.63) is 0 Å². The monoisotopic (exact) mass is 290 g/mol. The topological polar surface area (TPSA) is 53.3 Å². The molecule has 2 unspecified atom stereocenters. The molecule has 1 spiro atoms. The second kappa shape index (κ2) is 5.28. The fourth-order valence-electron chi connectivity index (χ4n) is 4.49. The molecule has 2 aliphatic heterocycles. The second-order valence-electron chi connectivity index (χ2n) is 7.81. The van der Waals surface area contributed by atoms with Crippen LogP contribution in [0.3, 0.4) is 0 Å². The van der Waals surface area contributed by atoms with Crippen LogP contribution >= 0.6 is 0 Å². The fourth-order valence-corrected chi connectivity index (χ4v) is 4.49. The molecule has 0 N–H and O–H groups in total. The third kappa shape index (κ3) is 2.57. The first-order chi connectivity index (χ1) is 9.97. The summed E-state index contributed by atoms with van der Waals surface area (Å²) in [6.07, 6.45) is 6.89. The Kier molecular flexibility index (Phi) is 3.73. The lowest BCUT2D eigenvalue weighted by Crippen LogP contribution is -2.62. The number of nitriles is 1. The summed E-state index contributed by atoms with van der Waals surface area (Å²) < 4.78 is 6.05. The Morgan fingerprint density at radius 2 is 1.95 bits per heavy atom. The molecule has 1 saturated carbocycles. The van der Waals surface area contributed by atoms with Crippen molar-refractivity contribution < 1.29 is 9.53 Å². The first kappa shape index (κ1) is 14.8. The highest BCUT2D eigenvalue weighted by Gasteiger charge is 2.51. The van der Waals surface area contributed by atoms with Gasteiger partial charge in [-0.05, 0) is 50.4 Å². The van der Waals surface area contributed by atoms with Crippen molar-refractivity contribution in [3.63, 3.8) is 0 Å². The van der Waals surface area contributed by atoms with Crippen molar-refractivity contribution >= 4 is 5.91 Å². The highest BCUT2D eigenvalue weighted by atomic mass is 16.5. The summed E-state index contributed by atoms with van der Waals surface area (Å²) in [6, 6.07) is 2.01. The zero-order valence-corrected chi connectivity index (χ0v) is 13.2. The number of ether oxygens (including phenoxy) is 1. The van der Waals surface area contributed by atoms with Gasteiger partial charge in [0.1, 0.15) is 11.6 Å². The van der Waals surface area contributed by atoms with E-state index in [1.54, 1.807) is 0 Å². The molecule has 4 nitrogen and oxygen atoms in total. The van der Waals surface area contributed by atoms with E-state index >= 15 is 0 Å². The van der Waals surface area contributed by atoms with Crippen LogP contribution in [0.25, 0.3) is 0 Å². The molecule has 1 aliphatic carbocycles. The van der Waals surface area contributed by atoms with Crippen LogP contribution in [0.2, 0.25) is 0 Å². The van der Waals surface area contributed by atoms with Crippen molar-refractivity contribution in [1.82, 2.24) is 4.90 Å². The van der Waals surface area contributed by atoms with Crippen molar-refractivity contribution in [1.29, 1.82) is 5.26 Å². The quantitative estimate of drug-likeness (QED) is 0.746. The molecule has 0 aromatic carbocycles. The average Bonchev–Trinajstić information content (AvgIpc) is 2.44. The number of nitrogens with zero attached hydrogens (tertiary/aromatic N) is 2. The highest BCUT2D eigenvalue weighted by molar-refractivity contribution is 5.81. The zero-order valence-electron chi connectivity index (χ0n) is 13.2. The van der Waals surface area contributed by atoms with Gasteiger partial charge in [-0.25, -0.2) is 0 Å². The molecule has 0 aromatic heterocycles. The second-order valence-corrected chi connectivity index (χ2v) is 7.81. The van der Waals surface area contributed by atoms with Gasteiger partial charge in [0, 0.05) is 19.1 Å². The summed E-state index contributed by atoms with van der Waals surface area (Å²) in [5.41, 5.74) is -0.0997. The molecule has 116 valence electrons. The van der Waals surface area contributed by atoms with Crippen molar-refractivity contribution in [2.24, 2.45) is 11.3 Å². The maximum atomic E-state index is 12.8. The first-order valence-electron chi connectivity index (χ1n) is 8.32. The number of hydrogen-bond donors (Lipinski definition) is 0. The van der Waals surface area contributed by atoms with Gasteiger partial charge in [-0.15, -0.1) is 0 Å². The number of piperidine rings is 1. The summed E-state index contributed by atoms with van der Waals surface area (Å²) in [6.45, 7) is 5.87. The van der Waals surface area contributed by atoms with Crippen LogP contribution in [0.5, 0.6) is 0 Å². The molecular formula is C17H26N2O2. The van der Waals surface area contributed by atoms with Crippen LogP contribution < -0.4 is 0 Å². The predicted octanol–water partition coefficient (Wildman–Crippen LogP) is 2.88. The Labute approximate surface area is 127 Å². The van der Waals surface area contributed by atoms with E-state index in [2.05, 4.69) is 19.9 Å². The molecule has 1 amide bonds. The number of likely N-dealkylation sites (tertiary alicyclic amines) is 1. The third-order valence-corrected chi connectivity index (χ3v) is 5.55. The molecule has 0 aromatic rings. The minimum Gasteiger partial charge on any atom is -0.372 e. The Balaban J connectivity index is 1.75. The zero-order chi connectivity index (χ0) is 15.1. The SMILES string of the molecule is CC1(C)CC(C(=O)N2CCCC3(CCCCO3)C2C#N)C1. The van der Waals surface area contributed by atoms with Gasteiger partial charge >= 0.3 is 0 Å². The van der Waals surface area contributed by atoms with Crippen LogP contribution in [-0.4, -0.2) is 35.6 Å². The van der Waals surface area contributed by atoms with E-state index in [0.29, 0.717) is 0 Å². The number of carbonyl (C=O) groups excluding carboxylic acids is 1. The van der Waals surface area contributed by atoms with Crippen LogP contribution in [0.15, 0.2) is 0 Å². The van der Waals surface area contributed by atoms with E-state index in [1.807, 2.05) is 4.90 Å². The lowest BCUT2D eigenvalue weighted by atomic mass is 9.63. The van der Waals surface area contributed by atoms with Crippen LogP contribution in [0.4, 0.5) is 0 Å². The Hall–Kier alpha value is -1.08. The van der Waals surface area contributed by atoms with Crippen molar-refractivity contribution in [3.8, 4) is 6.07 Å². The van der Waals surface area contributed by atoms with E-state index < -0.39 is 0 Å². The van der Waals surface area contributed by atoms with Crippen molar-refractivity contribution in [2.45, 2.75) is 70.4 Å². The van der Waals surface area contributed by atoms with E-state index in [9.17, 15) is 10.1 Å². The smallest absolute Gasteiger partial charge is 0.226 e. The van der Waals surface area contributed by atoms with E-state index in [-0.39, 0.29) is 28.9 Å². The molecule has 2 heterocycles. The maximum Gasteiger partial charge on any atom is 0.226 e. The van der Waals surface area contributed by atoms with Gasteiger partial charge in [-0.3, -0.25) is 4.79 Å². The molecule has 2 saturated heterocycles. The maximum absolute atomic E-state index is 12.8. The van der Waals surface area contributed by atoms with Crippen LogP contribution in [-0.2, 0) is 9.53 Å². The van der Waals surface area contributed by atoms with Gasteiger partial charge in [0.2, 0.25) is 5.91 Å². The van der Waals surface area contributed by atoms with Gasteiger partial charge in [0.25, 0.3) is 0 Å². The lowest BCUT2D eigenvalue weighted by molar-refractivity contribution is -0.167. The normalized spacial score (nSPS) is 36.0. The first-order valence-corrected chi connectivity index (χ1v) is 8.32. The predicted molar refractivity (Wildman–Crippen MR) is 79.4 cm³/mol. The summed E-state index contributed by atoms with van der Waals surface area (Å²) >= 11 is 0. The van der Waals surface area contributed by atoms with Crippen LogP contribution in [0, 0.1) is 22.7 Å². The fraction of sp³-hybridized carbons (Fsp3) is 0.882. The molecule has 0 bridgehead atoms. The summed E-state index contributed by atoms with van der Waals surface area (Å²) in [4.78, 5) is 14.6. The van der Waals surface area contributed by atoms with Gasteiger partial charge in [0.05, 0.1) is 6.07 Å². The molecule has 3 rings (SSSR count). The number of rotatable bonds is 1. The molecule has 21 heavy (non-hydrogen) atoms. The summed E-state index contributed by atoms with van der Waals surface area (Å²) in [7, 11) is 0. The largest absolute Gasteiger partial charge is 0.372 e. The molecule has 2 atom stereocenters. The van der Waals surface area contributed by atoms with Crippen molar-refractivity contribution in [2.75, 3.05) is 13.2 Å². The number of carbonyl (C=O) groups is 1. The van der Waals surface area contributed by atoms with Gasteiger partial charge < -0.3 is 9.64 Å². The number of hydrogen-bond acceptors (Lipinski definition) is 3. The molecule has 0 radical (unpaired) electrons. The molecule has 3 aliphatic rings. The minimum atomic E-state index is -0.389. The summed E-state index contributed by atoms with van der Waals surface area (Å²) in [5, 5.41) is 9.68. The number of amides is 1. The van der Waals surface area contributed by atoms with Gasteiger partial charge in [-0.2, -0.15) is 5.26 Å². The average molecular weight is 290 g/mol. The molecular weight excluding hydrogens is 264 g/mol. The Morgan fingerprint density at radius 3 is 2.52 bits per heavy atom. The van der Waals surface area contributed by atoms with E-state index in [1.165, 1.54) is 0 Å². The van der Waals surface area contributed by atoms with Gasteiger partial charge in [-0.1, -0.05) is 13.8 Å². The standard InChI is InChI=1S/C17H26N2O2/c1-16(2)10-13(11-16)15(20)19-8-5-7-17(14(19)12-18)6-3-4-9-21-17/h13-14H,3-11H2,1-2H3. The Morgan fingerprint density at radius 1 is 1.24 bits per heavy atom. The van der Waals surface area contributed by atoms with Gasteiger partial charge in [0.15, 0.2) is 0 Å². The lowest BCUT2D eigenvalue weighted by Gasteiger charge is -2.51. The van der Waals surface area contributed by atoms with Crippen LogP contribution in [0.1, 0.15) is 58.8 Å². The van der Waals surface area contributed by atoms with E-state index in [4.69, 9.17) is 4.74 Å².